The van der Waals surface area contributed by atoms with Crippen LogP contribution in [-0.2, 0) is 0 Å². The van der Waals surface area contributed by atoms with E-state index in [0.29, 0.717) is 0 Å². The first-order valence-corrected chi connectivity index (χ1v) is 7.95. The lowest BCUT2D eigenvalue weighted by atomic mass is 9.86. The third kappa shape index (κ3) is 4.35. The van der Waals surface area contributed by atoms with Crippen LogP contribution >= 0.6 is 0 Å². The van der Waals surface area contributed by atoms with Crippen LogP contribution in [0, 0.1) is 0 Å². The van der Waals surface area contributed by atoms with Gasteiger partial charge >= 0.3 is 0 Å². The van der Waals surface area contributed by atoms with Crippen molar-refractivity contribution in [2.45, 2.75) is 58.0 Å². The van der Waals surface area contributed by atoms with Gasteiger partial charge in [0.2, 0.25) is 0 Å². The molecule has 0 spiro atoms. The monoisotopic (exact) mass is 270 g/mol. The Hall–Kier alpha value is -1.34. The van der Waals surface area contributed by atoms with Crippen molar-refractivity contribution in [3.8, 4) is 0 Å². The zero-order valence-corrected chi connectivity index (χ0v) is 12.5. The van der Waals surface area contributed by atoms with Crippen LogP contribution in [0.25, 0.3) is 6.08 Å². The van der Waals surface area contributed by atoms with Crippen molar-refractivity contribution in [3.63, 3.8) is 0 Å². The van der Waals surface area contributed by atoms with E-state index in [9.17, 15) is 5.11 Å². The van der Waals surface area contributed by atoms with E-state index in [1.807, 2.05) is 18.2 Å². The van der Waals surface area contributed by atoms with E-state index in [1.54, 1.807) is 0 Å². The predicted octanol–water partition coefficient (Wildman–Crippen LogP) is 5.12. The van der Waals surface area contributed by atoms with Crippen LogP contribution in [0.3, 0.4) is 0 Å². The quantitative estimate of drug-likeness (QED) is 0.711. The fourth-order valence-electron chi connectivity index (χ4n) is 2.81. The van der Waals surface area contributed by atoms with Crippen LogP contribution in [0.5, 0.6) is 0 Å². The molecule has 0 saturated carbocycles. The van der Waals surface area contributed by atoms with Gasteiger partial charge in [-0.25, -0.2) is 0 Å². The minimum Gasteiger partial charge on any atom is -0.388 e. The predicted molar refractivity (Wildman–Crippen MR) is 86.5 cm³/mol. The summed E-state index contributed by atoms with van der Waals surface area (Å²) in [5, 5.41) is 10.3. The van der Waals surface area contributed by atoms with Crippen LogP contribution in [0.2, 0.25) is 0 Å². The van der Waals surface area contributed by atoms with E-state index < -0.39 is 0 Å². The average molecular weight is 270 g/mol. The molecular formula is C19H26O. The third-order valence-corrected chi connectivity index (χ3v) is 3.98. The van der Waals surface area contributed by atoms with Crippen LogP contribution < -0.4 is 0 Å². The summed E-state index contributed by atoms with van der Waals surface area (Å²) in [6, 6.07) is 10.3. The highest BCUT2D eigenvalue weighted by molar-refractivity contribution is 5.60. The zero-order chi connectivity index (χ0) is 14.2. The normalized spacial score (nSPS) is 21.0. The Kier molecular flexibility index (Phi) is 6.07. The number of hydrogen-bond acceptors (Lipinski definition) is 1. The van der Waals surface area contributed by atoms with Crippen molar-refractivity contribution in [2.24, 2.45) is 0 Å². The number of aliphatic hydroxyl groups is 1. The van der Waals surface area contributed by atoms with Gasteiger partial charge in [0.1, 0.15) is 0 Å². The van der Waals surface area contributed by atoms with E-state index in [-0.39, 0.29) is 6.10 Å². The SMILES string of the molecule is CCCCCCC1=CCCC(O)/C1=C/c1ccccc1. The largest absolute Gasteiger partial charge is 0.388 e. The van der Waals surface area contributed by atoms with Crippen LogP contribution in [0.4, 0.5) is 0 Å². The van der Waals surface area contributed by atoms with Gasteiger partial charge in [0.05, 0.1) is 6.10 Å². The lowest BCUT2D eigenvalue weighted by molar-refractivity contribution is 0.200. The molecule has 1 unspecified atom stereocenters. The van der Waals surface area contributed by atoms with Gasteiger partial charge in [0.15, 0.2) is 0 Å². The van der Waals surface area contributed by atoms with Crippen molar-refractivity contribution in [3.05, 3.63) is 53.1 Å². The Morgan fingerprint density at radius 2 is 1.95 bits per heavy atom. The first kappa shape index (κ1) is 15.1. The minimum atomic E-state index is -0.290. The van der Waals surface area contributed by atoms with E-state index in [1.165, 1.54) is 36.8 Å². The molecule has 0 aromatic heterocycles. The molecule has 0 heterocycles. The number of aliphatic hydroxyl groups excluding tert-OH is 1. The average Bonchev–Trinajstić information content (AvgIpc) is 2.48. The Labute approximate surface area is 123 Å². The van der Waals surface area contributed by atoms with E-state index >= 15 is 0 Å². The van der Waals surface area contributed by atoms with Crippen LogP contribution in [0.15, 0.2) is 47.6 Å². The molecule has 1 aromatic rings. The molecule has 0 bridgehead atoms. The topological polar surface area (TPSA) is 20.2 Å². The van der Waals surface area contributed by atoms with Gasteiger partial charge in [-0.05, 0) is 48.5 Å². The first-order chi connectivity index (χ1) is 9.81. The summed E-state index contributed by atoms with van der Waals surface area (Å²) >= 11 is 0. The molecule has 1 aliphatic rings. The molecular weight excluding hydrogens is 244 g/mol. The fraction of sp³-hybridized carbons (Fsp3) is 0.474. The van der Waals surface area contributed by atoms with Gasteiger partial charge in [-0.3, -0.25) is 0 Å². The standard InChI is InChI=1S/C19H26O/c1-2-3-4-8-12-17-13-9-14-19(20)18(17)15-16-10-6-5-7-11-16/h5-7,10-11,13,15,19-20H,2-4,8-9,12,14H2,1H3/b18-15+. The number of rotatable bonds is 6. The summed E-state index contributed by atoms with van der Waals surface area (Å²) in [5.74, 6) is 0. The molecule has 0 aliphatic heterocycles. The second-order valence-corrected chi connectivity index (χ2v) is 5.64. The minimum absolute atomic E-state index is 0.290. The van der Waals surface area contributed by atoms with Crippen molar-refractivity contribution in [2.75, 3.05) is 0 Å². The maximum atomic E-state index is 10.3. The van der Waals surface area contributed by atoms with Crippen molar-refractivity contribution < 1.29 is 5.11 Å². The highest BCUT2D eigenvalue weighted by Gasteiger charge is 2.18. The van der Waals surface area contributed by atoms with Gasteiger partial charge in [-0.1, -0.05) is 62.6 Å². The van der Waals surface area contributed by atoms with Gasteiger partial charge in [0, 0.05) is 0 Å². The summed E-state index contributed by atoms with van der Waals surface area (Å²) in [6.45, 7) is 2.24. The maximum absolute atomic E-state index is 10.3. The zero-order valence-electron chi connectivity index (χ0n) is 12.5. The maximum Gasteiger partial charge on any atom is 0.0795 e. The highest BCUT2D eigenvalue weighted by Crippen LogP contribution is 2.30. The van der Waals surface area contributed by atoms with Crippen molar-refractivity contribution >= 4 is 6.08 Å². The summed E-state index contributed by atoms with van der Waals surface area (Å²) in [4.78, 5) is 0. The molecule has 0 amide bonds. The van der Waals surface area contributed by atoms with Gasteiger partial charge in [-0.15, -0.1) is 0 Å². The Bertz CT molecular complexity index is 456. The highest BCUT2D eigenvalue weighted by atomic mass is 16.3. The summed E-state index contributed by atoms with van der Waals surface area (Å²) in [5.41, 5.74) is 3.69. The van der Waals surface area contributed by atoms with E-state index in [2.05, 4.69) is 31.2 Å². The lowest BCUT2D eigenvalue weighted by Gasteiger charge is -2.23. The Morgan fingerprint density at radius 1 is 1.15 bits per heavy atom. The molecule has 108 valence electrons. The Balaban J connectivity index is 2.08. The lowest BCUT2D eigenvalue weighted by Crippen LogP contribution is -2.16. The molecule has 0 fully saturated rings. The molecule has 1 atom stereocenters. The van der Waals surface area contributed by atoms with Gasteiger partial charge in [-0.2, -0.15) is 0 Å². The fourth-order valence-corrected chi connectivity index (χ4v) is 2.81. The molecule has 1 nitrogen and oxygen atoms in total. The summed E-state index contributed by atoms with van der Waals surface area (Å²) in [6.07, 6.45) is 12.3. The molecule has 1 N–H and O–H groups in total. The third-order valence-electron chi connectivity index (χ3n) is 3.98. The van der Waals surface area contributed by atoms with Crippen molar-refractivity contribution in [1.29, 1.82) is 0 Å². The van der Waals surface area contributed by atoms with Crippen LogP contribution in [0.1, 0.15) is 57.4 Å². The Morgan fingerprint density at radius 3 is 2.70 bits per heavy atom. The molecule has 1 heteroatoms. The molecule has 0 saturated heterocycles. The molecule has 2 rings (SSSR count). The van der Waals surface area contributed by atoms with Gasteiger partial charge < -0.3 is 5.11 Å². The number of hydrogen-bond donors (Lipinski definition) is 1. The first-order valence-electron chi connectivity index (χ1n) is 7.95. The van der Waals surface area contributed by atoms with E-state index in [4.69, 9.17) is 0 Å². The molecule has 0 radical (unpaired) electrons. The second-order valence-electron chi connectivity index (χ2n) is 5.64. The number of unbranched alkanes of at least 4 members (excludes halogenated alkanes) is 3. The van der Waals surface area contributed by atoms with Crippen LogP contribution in [-0.4, -0.2) is 11.2 Å². The molecule has 1 aliphatic carbocycles. The summed E-state index contributed by atoms with van der Waals surface area (Å²) < 4.78 is 0. The smallest absolute Gasteiger partial charge is 0.0795 e. The van der Waals surface area contributed by atoms with E-state index in [0.717, 1.165) is 24.8 Å². The molecule has 1 aromatic carbocycles. The summed E-state index contributed by atoms with van der Waals surface area (Å²) in [7, 11) is 0. The molecule has 20 heavy (non-hydrogen) atoms. The second kappa shape index (κ2) is 8.06. The van der Waals surface area contributed by atoms with Gasteiger partial charge in [0.25, 0.3) is 0 Å². The van der Waals surface area contributed by atoms with Crippen molar-refractivity contribution in [1.82, 2.24) is 0 Å². The number of benzene rings is 1. The number of allylic oxidation sites excluding steroid dienone is 1.